The predicted molar refractivity (Wildman–Crippen MR) is 116 cm³/mol. The van der Waals surface area contributed by atoms with Crippen LogP contribution < -0.4 is 5.32 Å². The van der Waals surface area contributed by atoms with Crippen molar-refractivity contribution in [3.63, 3.8) is 0 Å². The Kier molecular flexibility index (Phi) is 7.11. The number of pyridine rings is 1. The largest absolute Gasteiger partial charge is 0.347 e. The van der Waals surface area contributed by atoms with Crippen molar-refractivity contribution in [3.05, 3.63) is 65.7 Å². The van der Waals surface area contributed by atoms with Crippen LogP contribution in [0.5, 0.6) is 0 Å². The first-order valence-electron chi connectivity index (χ1n) is 11.3. The fraction of sp³-hybridized carbons (Fsp3) is 0.520. The molecule has 1 amide bonds. The topological polar surface area (TPSA) is 45.2 Å². The Bertz CT molecular complexity index is 805. The van der Waals surface area contributed by atoms with Crippen LogP contribution in [0.15, 0.2) is 48.7 Å². The van der Waals surface area contributed by atoms with E-state index in [2.05, 4.69) is 15.2 Å². The molecular weight excluding hydrogens is 377 g/mol. The molecule has 30 heavy (non-hydrogen) atoms. The highest BCUT2D eigenvalue weighted by Crippen LogP contribution is 2.31. The normalized spacial score (nSPS) is 21.4. The second-order valence-electron chi connectivity index (χ2n) is 8.92. The van der Waals surface area contributed by atoms with Crippen LogP contribution in [-0.4, -0.2) is 28.9 Å². The van der Waals surface area contributed by atoms with Crippen molar-refractivity contribution in [2.45, 2.75) is 57.5 Å². The van der Waals surface area contributed by atoms with E-state index < -0.39 is 0 Å². The highest BCUT2D eigenvalue weighted by Gasteiger charge is 2.31. The molecule has 160 valence electrons. The van der Waals surface area contributed by atoms with Crippen molar-refractivity contribution in [2.75, 3.05) is 13.1 Å². The minimum atomic E-state index is -0.199. The van der Waals surface area contributed by atoms with Gasteiger partial charge in [0.2, 0.25) is 5.91 Å². The van der Waals surface area contributed by atoms with Crippen LogP contribution >= 0.6 is 0 Å². The highest BCUT2D eigenvalue weighted by molar-refractivity contribution is 5.76. The summed E-state index contributed by atoms with van der Waals surface area (Å²) in [6.07, 6.45) is 9.47. The van der Waals surface area contributed by atoms with Gasteiger partial charge in [-0.05, 0) is 73.9 Å². The second kappa shape index (κ2) is 10.2. The number of aromatic nitrogens is 1. The van der Waals surface area contributed by atoms with Gasteiger partial charge >= 0.3 is 0 Å². The van der Waals surface area contributed by atoms with Crippen molar-refractivity contribution in [1.82, 2.24) is 15.2 Å². The summed E-state index contributed by atoms with van der Waals surface area (Å²) in [7, 11) is 0. The number of nitrogens with one attached hydrogen (secondary N) is 1. The molecular formula is C25H32FN3O. The van der Waals surface area contributed by atoms with Gasteiger partial charge in [0.15, 0.2) is 0 Å². The molecule has 2 fully saturated rings. The molecule has 0 spiro atoms. The maximum atomic E-state index is 13.2. The Balaban J connectivity index is 1.43. The molecule has 2 heterocycles. The summed E-state index contributed by atoms with van der Waals surface area (Å²) in [6, 6.07) is 12.7. The minimum Gasteiger partial charge on any atom is -0.347 e. The third kappa shape index (κ3) is 5.66. The van der Waals surface area contributed by atoms with Gasteiger partial charge in [0.05, 0.1) is 11.7 Å². The van der Waals surface area contributed by atoms with E-state index in [0.717, 1.165) is 43.7 Å². The molecule has 1 aliphatic heterocycles. The quantitative estimate of drug-likeness (QED) is 0.710. The van der Waals surface area contributed by atoms with Gasteiger partial charge in [0, 0.05) is 25.7 Å². The molecule has 1 saturated carbocycles. The number of carbonyl (C=O) groups excluding carboxylic acids is 1. The van der Waals surface area contributed by atoms with Gasteiger partial charge < -0.3 is 5.32 Å². The lowest BCUT2D eigenvalue weighted by molar-refractivity contribution is -0.123. The number of halogens is 1. The van der Waals surface area contributed by atoms with E-state index in [9.17, 15) is 9.18 Å². The number of rotatable bonds is 7. The number of benzene rings is 1. The van der Waals surface area contributed by atoms with E-state index in [0.29, 0.717) is 18.3 Å². The third-order valence-corrected chi connectivity index (χ3v) is 6.60. The zero-order valence-electron chi connectivity index (χ0n) is 17.6. The average molecular weight is 410 g/mol. The van der Waals surface area contributed by atoms with E-state index in [4.69, 9.17) is 0 Å². The summed E-state index contributed by atoms with van der Waals surface area (Å²) in [5.74, 6) is 0.820. The maximum Gasteiger partial charge on any atom is 0.220 e. The summed E-state index contributed by atoms with van der Waals surface area (Å²) >= 11 is 0. The lowest BCUT2D eigenvalue weighted by atomic mass is 9.87. The standard InChI is InChI=1S/C25H32FN3O/c26-22-12-10-20(11-13-22)17-29-15-5-8-21(18-29)25(23-9-3-4-14-27-23)28-24(30)16-19-6-1-2-7-19/h3-4,9-14,19,21,25H,1-2,5-8,15-18H2,(H,28,30)/t21-,25-/m0/s1. The number of likely N-dealkylation sites (tertiary alicyclic amines) is 1. The molecule has 5 heteroatoms. The van der Waals surface area contributed by atoms with Crippen LogP contribution in [0, 0.1) is 17.7 Å². The van der Waals surface area contributed by atoms with Crippen LogP contribution in [0.25, 0.3) is 0 Å². The molecule has 1 aromatic heterocycles. The maximum absolute atomic E-state index is 13.2. The number of amides is 1. The second-order valence-corrected chi connectivity index (χ2v) is 8.92. The molecule has 1 saturated heterocycles. The van der Waals surface area contributed by atoms with Crippen LogP contribution in [0.2, 0.25) is 0 Å². The monoisotopic (exact) mass is 409 g/mol. The molecule has 0 radical (unpaired) electrons. The van der Waals surface area contributed by atoms with Crippen LogP contribution in [0.1, 0.15) is 62.2 Å². The molecule has 2 aliphatic rings. The zero-order chi connectivity index (χ0) is 20.8. The lowest BCUT2D eigenvalue weighted by Crippen LogP contribution is -2.43. The third-order valence-electron chi connectivity index (χ3n) is 6.60. The fourth-order valence-electron chi connectivity index (χ4n) is 5.06. The Morgan fingerprint density at radius 3 is 2.63 bits per heavy atom. The van der Waals surface area contributed by atoms with Gasteiger partial charge in [0.25, 0.3) is 0 Å². The molecule has 0 bridgehead atoms. The van der Waals surface area contributed by atoms with Crippen LogP contribution in [-0.2, 0) is 11.3 Å². The van der Waals surface area contributed by atoms with E-state index >= 15 is 0 Å². The number of nitrogens with zero attached hydrogens (tertiary/aromatic N) is 2. The molecule has 1 aromatic carbocycles. The molecule has 1 aliphatic carbocycles. The van der Waals surface area contributed by atoms with Crippen molar-refractivity contribution in [1.29, 1.82) is 0 Å². The Hall–Kier alpha value is -2.27. The summed E-state index contributed by atoms with van der Waals surface area (Å²) in [5.41, 5.74) is 2.07. The van der Waals surface area contributed by atoms with Gasteiger partial charge in [-0.2, -0.15) is 0 Å². The fourth-order valence-corrected chi connectivity index (χ4v) is 5.06. The van der Waals surface area contributed by atoms with Crippen molar-refractivity contribution in [2.24, 2.45) is 11.8 Å². The minimum absolute atomic E-state index is 0.0591. The summed E-state index contributed by atoms with van der Waals surface area (Å²) < 4.78 is 13.2. The molecule has 0 unspecified atom stereocenters. The molecule has 1 N–H and O–H groups in total. The first-order chi connectivity index (χ1) is 14.7. The number of piperidine rings is 1. The van der Waals surface area contributed by atoms with Crippen molar-refractivity contribution in [3.8, 4) is 0 Å². The molecule has 2 aromatic rings. The SMILES string of the molecule is O=C(CC1CCCC1)N[C@H](c1ccccn1)[C@H]1CCCN(Cc2ccc(F)cc2)C1. The molecule has 4 nitrogen and oxygen atoms in total. The predicted octanol–water partition coefficient (Wildman–Crippen LogP) is 4.87. The number of carbonyl (C=O) groups is 1. The summed E-state index contributed by atoms with van der Waals surface area (Å²) in [4.78, 5) is 19.8. The molecule has 2 atom stereocenters. The molecule has 4 rings (SSSR count). The highest BCUT2D eigenvalue weighted by atomic mass is 19.1. The van der Waals surface area contributed by atoms with E-state index in [1.165, 1.54) is 37.8 Å². The van der Waals surface area contributed by atoms with E-state index in [1.54, 1.807) is 0 Å². The Labute approximate surface area is 178 Å². The average Bonchev–Trinajstić information content (AvgIpc) is 3.27. The van der Waals surface area contributed by atoms with Gasteiger partial charge in [-0.3, -0.25) is 14.7 Å². The lowest BCUT2D eigenvalue weighted by Gasteiger charge is -2.37. The van der Waals surface area contributed by atoms with Crippen LogP contribution in [0.3, 0.4) is 0 Å². The van der Waals surface area contributed by atoms with Gasteiger partial charge in [0.1, 0.15) is 5.82 Å². The Morgan fingerprint density at radius 1 is 1.10 bits per heavy atom. The van der Waals surface area contributed by atoms with Crippen molar-refractivity contribution >= 4 is 5.91 Å². The smallest absolute Gasteiger partial charge is 0.220 e. The van der Waals surface area contributed by atoms with E-state index in [-0.39, 0.29) is 17.8 Å². The van der Waals surface area contributed by atoms with Crippen LogP contribution in [0.4, 0.5) is 4.39 Å². The summed E-state index contributed by atoms with van der Waals surface area (Å²) in [5, 5.41) is 3.34. The first kappa shape index (κ1) is 21.0. The zero-order valence-corrected chi connectivity index (χ0v) is 17.6. The van der Waals surface area contributed by atoms with Crippen molar-refractivity contribution < 1.29 is 9.18 Å². The number of hydrogen-bond acceptors (Lipinski definition) is 3. The number of hydrogen-bond donors (Lipinski definition) is 1. The first-order valence-corrected chi connectivity index (χ1v) is 11.3. The van der Waals surface area contributed by atoms with Gasteiger partial charge in [-0.1, -0.05) is 31.0 Å². The van der Waals surface area contributed by atoms with E-state index in [1.807, 2.05) is 36.5 Å². The summed E-state index contributed by atoms with van der Waals surface area (Å²) in [6.45, 7) is 2.74. The van der Waals surface area contributed by atoms with Gasteiger partial charge in [-0.15, -0.1) is 0 Å². The van der Waals surface area contributed by atoms with Gasteiger partial charge in [-0.25, -0.2) is 4.39 Å². The Morgan fingerprint density at radius 2 is 1.90 bits per heavy atom.